The van der Waals surface area contributed by atoms with Gasteiger partial charge in [-0.1, -0.05) is 36.4 Å². The molecular formula is C25H27N3O3. The number of nitrogens with zero attached hydrogens (tertiary/aromatic N) is 2. The minimum Gasteiger partial charge on any atom is -0.508 e. The first-order chi connectivity index (χ1) is 15.1. The minimum atomic E-state index is -0.380. The highest BCUT2D eigenvalue weighted by Gasteiger charge is 2.30. The van der Waals surface area contributed by atoms with E-state index in [1.807, 2.05) is 66.7 Å². The van der Waals surface area contributed by atoms with Gasteiger partial charge in [0.1, 0.15) is 17.5 Å². The summed E-state index contributed by atoms with van der Waals surface area (Å²) in [6.45, 7) is 3.12. The fraction of sp³-hybridized carbons (Fsp3) is 0.240. The maximum absolute atomic E-state index is 13.4. The summed E-state index contributed by atoms with van der Waals surface area (Å²) >= 11 is 0. The lowest BCUT2D eigenvalue weighted by Crippen LogP contribution is -2.50. The molecule has 31 heavy (non-hydrogen) atoms. The van der Waals surface area contributed by atoms with Gasteiger partial charge in [-0.25, -0.2) is 0 Å². The molecular weight excluding hydrogens is 390 g/mol. The Morgan fingerprint density at radius 1 is 0.935 bits per heavy atom. The third kappa shape index (κ3) is 4.98. The number of carbonyl (C=O) groups excluding carboxylic acids is 1. The lowest BCUT2D eigenvalue weighted by atomic mass is 10.0. The second-order valence-electron chi connectivity index (χ2n) is 7.57. The average molecular weight is 418 g/mol. The topological polar surface area (TPSA) is 65.0 Å². The summed E-state index contributed by atoms with van der Waals surface area (Å²) in [5.74, 6) is 0.912. The van der Waals surface area contributed by atoms with Crippen LogP contribution in [-0.4, -0.2) is 49.2 Å². The Hall–Kier alpha value is -3.51. The molecule has 1 aliphatic heterocycles. The Balaban J connectivity index is 1.50. The monoisotopic (exact) mass is 417 g/mol. The second kappa shape index (κ2) is 9.53. The summed E-state index contributed by atoms with van der Waals surface area (Å²) in [6, 6.07) is 24.2. The maximum atomic E-state index is 13.4. The molecule has 1 heterocycles. The van der Waals surface area contributed by atoms with Crippen LogP contribution in [0.2, 0.25) is 0 Å². The van der Waals surface area contributed by atoms with Crippen molar-refractivity contribution in [3.63, 3.8) is 0 Å². The number of hydrogen-bond donors (Lipinski definition) is 2. The van der Waals surface area contributed by atoms with E-state index in [4.69, 9.17) is 4.74 Å². The number of piperazine rings is 1. The van der Waals surface area contributed by atoms with Crippen LogP contribution >= 0.6 is 0 Å². The molecule has 1 atom stereocenters. The van der Waals surface area contributed by atoms with Gasteiger partial charge in [-0.2, -0.15) is 0 Å². The van der Waals surface area contributed by atoms with Gasteiger partial charge in [0.2, 0.25) is 5.91 Å². The molecule has 0 aromatic heterocycles. The van der Waals surface area contributed by atoms with Crippen LogP contribution in [0.1, 0.15) is 11.6 Å². The van der Waals surface area contributed by atoms with E-state index in [2.05, 4.69) is 15.1 Å². The van der Waals surface area contributed by atoms with Crippen molar-refractivity contribution in [1.82, 2.24) is 4.90 Å². The number of carbonyl (C=O) groups is 1. The van der Waals surface area contributed by atoms with Gasteiger partial charge in [-0.05, 0) is 42.0 Å². The van der Waals surface area contributed by atoms with Crippen molar-refractivity contribution in [1.29, 1.82) is 0 Å². The number of hydrogen-bond acceptors (Lipinski definition) is 5. The van der Waals surface area contributed by atoms with Crippen molar-refractivity contribution in [3.8, 4) is 11.5 Å². The van der Waals surface area contributed by atoms with Gasteiger partial charge < -0.3 is 20.1 Å². The van der Waals surface area contributed by atoms with Crippen LogP contribution in [0.25, 0.3) is 0 Å². The molecule has 3 aromatic rings. The van der Waals surface area contributed by atoms with E-state index in [0.29, 0.717) is 11.4 Å². The van der Waals surface area contributed by atoms with Gasteiger partial charge >= 0.3 is 0 Å². The molecule has 6 heteroatoms. The largest absolute Gasteiger partial charge is 0.508 e. The van der Waals surface area contributed by atoms with Crippen LogP contribution < -0.4 is 15.0 Å². The fourth-order valence-electron chi connectivity index (χ4n) is 3.98. The van der Waals surface area contributed by atoms with E-state index < -0.39 is 0 Å². The van der Waals surface area contributed by atoms with Gasteiger partial charge in [-0.15, -0.1) is 0 Å². The minimum absolute atomic E-state index is 0.0578. The van der Waals surface area contributed by atoms with Gasteiger partial charge in [0.05, 0.1) is 7.11 Å². The van der Waals surface area contributed by atoms with Crippen molar-refractivity contribution in [2.75, 3.05) is 43.5 Å². The first-order valence-electron chi connectivity index (χ1n) is 10.4. The van der Waals surface area contributed by atoms with Crippen molar-refractivity contribution < 1.29 is 14.6 Å². The SMILES string of the molecule is COc1cccc(NC(=O)[C@@H](c2ccccc2)N2CCN(c3ccc(O)cc3)CC2)c1. The number of methoxy groups -OCH3 is 1. The number of nitrogens with one attached hydrogen (secondary N) is 1. The van der Waals surface area contributed by atoms with Gasteiger partial charge in [0, 0.05) is 43.6 Å². The molecule has 6 nitrogen and oxygen atoms in total. The molecule has 0 unspecified atom stereocenters. The normalized spacial score (nSPS) is 15.3. The number of ether oxygens (including phenoxy) is 1. The highest BCUT2D eigenvalue weighted by molar-refractivity contribution is 5.95. The molecule has 2 N–H and O–H groups in total. The summed E-state index contributed by atoms with van der Waals surface area (Å²) in [5, 5.41) is 12.6. The maximum Gasteiger partial charge on any atom is 0.246 e. The molecule has 0 aliphatic carbocycles. The smallest absolute Gasteiger partial charge is 0.246 e. The highest BCUT2D eigenvalue weighted by atomic mass is 16.5. The number of benzene rings is 3. The quantitative estimate of drug-likeness (QED) is 0.637. The molecule has 4 rings (SSSR count). The molecule has 160 valence electrons. The van der Waals surface area contributed by atoms with Gasteiger partial charge in [-0.3, -0.25) is 9.69 Å². The zero-order valence-electron chi connectivity index (χ0n) is 17.6. The van der Waals surface area contributed by atoms with Crippen molar-refractivity contribution in [3.05, 3.63) is 84.4 Å². The Kier molecular flexibility index (Phi) is 6.38. The molecule has 0 saturated carbocycles. The van der Waals surface area contributed by atoms with Crippen LogP contribution in [-0.2, 0) is 4.79 Å². The molecule has 1 aliphatic rings. The highest BCUT2D eigenvalue weighted by Crippen LogP contribution is 2.27. The molecule has 1 saturated heterocycles. The Morgan fingerprint density at radius 3 is 2.32 bits per heavy atom. The average Bonchev–Trinajstić information content (AvgIpc) is 2.81. The van der Waals surface area contributed by atoms with E-state index in [-0.39, 0.29) is 17.7 Å². The van der Waals surface area contributed by atoms with Crippen LogP contribution in [0.3, 0.4) is 0 Å². The van der Waals surface area contributed by atoms with Gasteiger partial charge in [0.25, 0.3) is 0 Å². The number of rotatable bonds is 6. The molecule has 1 fully saturated rings. The first-order valence-corrected chi connectivity index (χ1v) is 10.4. The first kappa shape index (κ1) is 20.8. The molecule has 3 aromatic carbocycles. The van der Waals surface area contributed by atoms with Crippen molar-refractivity contribution in [2.45, 2.75) is 6.04 Å². The number of aromatic hydroxyl groups is 1. The number of anilines is 2. The predicted molar refractivity (Wildman–Crippen MR) is 123 cm³/mol. The van der Waals surface area contributed by atoms with E-state index in [9.17, 15) is 9.90 Å². The van der Waals surface area contributed by atoms with E-state index >= 15 is 0 Å². The lowest BCUT2D eigenvalue weighted by molar-refractivity contribution is -0.121. The summed E-state index contributed by atoms with van der Waals surface area (Å²) in [4.78, 5) is 17.9. The Morgan fingerprint density at radius 2 is 1.65 bits per heavy atom. The summed E-state index contributed by atoms with van der Waals surface area (Å²) in [6.07, 6.45) is 0. The Bertz CT molecular complexity index is 1000. The number of phenolic OH excluding ortho intramolecular Hbond substituents is 1. The summed E-state index contributed by atoms with van der Waals surface area (Å²) in [7, 11) is 1.61. The number of phenols is 1. The standard InChI is InChI=1S/C25H27N3O3/c1-31-23-9-5-8-20(18-23)26-25(30)24(19-6-3-2-4-7-19)28-16-14-27(15-17-28)21-10-12-22(29)13-11-21/h2-13,18,24,29H,14-17H2,1H3,(H,26,30)/t24-/m1/s1. The van der Waals surface area contributed by atoms with Crippen LogP contribution in [0.5, 0.6) is 11.5 Å². The zero-order valence-corrected chi connectivity index (χ0v) is 17.6. The molecule has 0 bridgehead atoms. The zero-order chi connectivity index (χ0) is 21.6. The van der Waals surface area contributed by atoms with Crippen LogP contribution in [0.15, 0.2) is 78.9 Å². The van der Waals surface area contributed by atoms with Crippen LogP contribution in [0.4, 0.5) is 11.4 Å². The summed E-state index contributed by atoms with van der Waals surface area (Å²) < 4.78 is 5.28. The Labute approximate surface area is 182 Å². The van der Waals surface area contributed by atoms with Crippen molar-refractivity contribution >= 4 is 17.3 Å². The predicted octanol–water partition coefficient (Wildman–Crippen LogP) is 3.90. The van der Waals surface area contributed by atoms with E-state index in [0.717, 1.165) is 37.4 Å². The van der Waals surface area contributed by atoms with Gasteiger partial charge in [0.15, 0.2) is 0 Å². The third-order valence-electron chi connectivity index (χ3n) is 5.60. The van der Waals surface area contributed by atoms with E-state index in [1.165, 1.54) is 0 Å². The van der Waals surface area contributed by atoms with E-state index in [1.54, 1.807) is 19.2 Å². The third-order valence-corrected chi connectivity index (χ3v) is 5.60. The van der Waals surface area contributed by atoms with Crippen molar-refractivity contribution in [2.24, 2.45) is 0 Å². The number of amides is 1. The lowest BCUT2D eigenvalue weighted by Gasteiger charge is -2.39. The molecule has 0 spiro atoms. The van der Waals surface area contributed by atoms with Crippen LogP contribution in [0, 0.1) is 0 Å². The second-order valence-corrected chi connectivity index (χ2v) is 7.57. The summed E-state index contributed by atoms with van der Waals surface area (Å²) in [5.41, 5.74) is 2.77. The fourth-order valence-corrected chi connectivity index (χ4v) is 3.98. The molecule has 1 amide bonds. The molecule has 0 radical (unpaired) electrons.